The Labute approximate surface area is 183 Å². The molecule has 1 saturated carbocycles. The molecule has 0 unspecified atom stereocenters. The van der Waals surface area contributed by atoms with Crippen molar-refractivity contribution in [3.05, 3.63) is 89.5 Å². The maximum atomic E-state index is 4.77. The van der Waals surface area contributed by atoms with E-state index < -0.39 is 0 Å². The van der Waals surface area contributed by atoms with E-state index in [1.54, 1.807) is 0 Å². The summed E-state index contributed by atoms with van der Waals surface area (Å²) in [5, 5.41) is 0. The van der Waals surface area contributed by atoms with Crippen LogP contribution in [0.3, 0.4) is 0 Å². The lowest BCUT2D eigenvalue weighted by molar-refractivity contribution is 0.215. The summed E-state index contributed by atoms with van der Waals surface area (Å²) in [6.45, 7) is 17.0. The normalized spacial score (nSPS) is 18.9. The number of rotatable bonds is 9. The molecule has 1 aliphatic rings. The molecule has 0 aliphatic heterocycles. The van der Waals surface area contributed by atoms with E-state index in [1.807, 2.05) is 0 Å². The van der Waals surface area contributed by atoms with E-state index in [-0.39, 0.29) is 0 Å². The molecule has 0 saturated heterocycles. The second-order valence-corrected chi connectivity index (χ2v) is 9.56. The first kappa shape index (κ1) is 22.3. The van der Waals surface area contributed by atoms with Gasteiger partial charge in [0.15, 0.2) is 0 Å². The molecule has 0 N–H and O–H groups in total. The molecule has 158 valence electrons. The molecule has 3 rings (SSSR count). The SMILES string of the molecule is C=C(N=C(C)c1ccc(CC(C)C)cc1)c1ccc(CCC2CC(C(=C)C)C2)cc1. The van der Waals surface area contributed by atoms with Gasteiger partial charge in [0.25, 0.3) is 0 Å². The van der Waals surface area contributed by atoms with Gasteiger partial charge in [0, 0.05) is 5.71 Å². The van der Waals surface area contributed by atoms with E-state index >= 15 is 0 Å². The number of hydrogen-bond donors (Lipinski definition) is 0. The van der Waals surface area contributed by atoms with Crippen LogP contribution in [0.15, 0.2) is 72.3 Å². The smallest absolute Gasteiger partial charge is 0.0633 e. The van der Waals surface area contributed by atoms with Crippen molar-refractivity contribution in [2.75, 3.05) is 0 Å². The quantitative estimate of drug-likeness (QED) is 0.300. The topological polar surface area (TPSA) is 12.4 Å². The van der Waals surface area contributed by atoms with E-state index in [9.17, 15) is 0 Å². The monoisotopic (exact) mass is 399 g/mol. The summed E-state index contributed by atoms with van der Waals surface area (Å²) >= 11 is 0. The molecule has 0 spiro atoms. The number of aliphatic imine (C=N–C) groups is 1. The maximum Gasteiger partial charge on any atom is 0.0633 e. The second kappa shape index (κ2) is 10.1. The Morgan fingerprint density at radius 1 is 0.900 bits per heavy atom. The highest BCUT2D eigenvalue weighted by Gasteiger charge is 2.28. The summed E-state index contributed by atoms with van der Waals surface area (Å²) in [5.41, 5.74) is 8.25. The lowest BCUT2D eigenvalue weighted by Gasteiger charge is -2.36. The zero-order valence-electron chi connectivity index (χ0n) is 19.2. The molecule has 0 heterocycles. The molecule has 0 bridgehead atoms. The van der Waals surface area contributed by atoms with Crippen LogP contribution >= 0.6 is 0 Å². The number of hydrogen-bond acceptors (Lipinski definition) is 1. The van der Waals surface area contributed by atoms with Gasteiger partial charge in [-0.3, -0.25) is 4.99 Å². The first-order valence-corrected chi connectivity index (χ1v) is 11.4. The van der Waals surface area contributed by atoms with Crippen molar-refractivity contribution in [1.82, 2.24) is 0 Å². The van der Waals surface area contributed by atoms with Crippen LogP contribution in [-0.4, -0.2) is 5.71 Å². The van der Waals surface area contributed by atoms with Crippen molar-refractivity contribution >= 4 is 11.4 Å². The molecule has 0 aromatic heterocycles. The largest absolute Gasteiger partial charge is 0.253 e. The van der Waals surface area contributed by atoms with Gasteiger partial charge in [-0.15, -0.1) is 0 Å². The standard InChI is InChI=1S/C29H37N/c1-20(2)17-25-11-15-28(16-12-25)23(6)30-22(5)27-13-9-24(10-14-27)7-8-26-18-29(19-26)21(3)4/h9-16,20,26,29H,3,5,7-8,17-19H2,1-2,4,6H3. The molecule has 2 aromatic rings. The summed E-state index contributed by atoms with van der Waals surface area (Å²) < 4.78 is 0. The molecule has 0 amide bonds. The van der Waals surface area contributed by atoms with Crippen LogP contribution in [0, 0.1) is 17.8 Å². The molecule has 2 aromatic carbocycles. The van der Waals surface area contributed by atoms with Crippen LogP contribution in [0.25, 0.3) is 5.70 Å². The van der Waals surface area contributed by atoms with Crippen LogP contribution in [-0.2, 0) is 12.8 Å². The number of aryl methyl sites for hydroxylation is 1. The van der Waals surface area contributed by atoms with Gasteiger partial charge in [-0.05, 0) is 86.0 Å². The highest BCUT2D eigenvalue weighted by molar-refractivity contribution is 6.01. The minimum atomic E-state index is 0.676. The summed E-state index contributed by atoms with van der Waals surface area (Å²) in [4.78, 5) is 4.77. The zero-order valence-corrected chi connectivity index (χ0v) is 19.2. The third-order valence-electron chi connectivity index (χ3n) is 6.38. The van der Waals surface area contributed by atoms with Crippen molar-refractivity contribution < 1.29 is 0 Å². The highest BCUT2D eigenvalue weighted by Crippen LogP contribution is 2.40. The summed E-state index contributed by atoms with van der Waals surface area (Å²) in [5.74, 6) is 2.32. The van der Waals surface area contributed by atoms with Gasteiger partial charge >= 0.3 is 0 Å². The summed E-state index contributed by atoms with van der Waals surface area (Å²) in [6.07, 6.45) is 6.22. The van der Waals surface area contributed by atoms with Crippen molar-refractivity contribution in [2.24, 2.45) is 22.7 Å². The third kappa shape index (κ3) is 6.05. The van der Waals surface area contributed by atoms with Crippen LogP contribution in [0.2, 0.25) is 0 Å². The molecule has 1 nitrogen and oxygen atoms in total. The van der Waals surface area contributed by atoms with Crippen LogP contribution in [0.5, 0.6) is 0 Å². The van der Waals surface area contributed by atoms with Crippen LogP contribution in [0.4, 0.5) is 0 Å². The van der Waals surface area contributed by atoms with Gasteiger partial charge in [0.2, 0.25) is 0 Å². The number of allylic oxidation sites excluding steroid dienone is 1. The number of benzene rings is 2. The minimum Gasteiger partial charge on any atom is -0.253 e. The van der Waals surface area contributed by atoms with E-state index in [4.69, 9.17) is 4.99 Å². The predicted molar refractivity (Wildman–Crippen MR) is 132 cm³/mol. The van der Waals surface area contributed by atoms with Gasteiger partial charge < -0.3 is 0 Å². The van der Waals surface area contributed by atoms with E-state index in [0.29, 0.717) is 5.92 Å². The van der Waals surface area contributed by atoms with Crippen LogP contribution < -0.4 is 0 Å². The lowest BCUT2D eigenvalue weighted by Crippen LogP contribution is -2.24. The van der Waals surface area contributed by atoms with Gasteiger partial charge in [0.05, 0.1) is 5.70 Å². The Kier molecular flexibility index (Phi) is 7.48. The fourth-order valence-electron chi connectivity index (χ4n) is 4.29. The number of nitrogens with zero attached hydrogens (tertiary/aromatic N) is 1. The molecule has 1 heteroatoms. The highest BCUT2D eigenvalue weighted by atomic mass is 14.7. The van der Waals surface area contributed by atoms with Crippen molar-refractivity contribution in [1.29, 1.82) is 0 Å². The fourth-order valence-corrected chi connectivity index (χ4v) is 4.29. The fraction of sp³-hybridized carbons (Fsp3) is 0.414. The van der Waals surface area contributed by atoms with Crippen molar-refractivity contribution in [3.8, 4) is 0 Å². The Bertz CT molecular complexity index is 890. The average Bonchev–Trinajstić information content (AvgIpc) is 2.67. The molecule has 30 heavy (non-hydrogen) atoms. The third-order valence-corrected chi connectivity index (χ3v) is 6.38. The van der Waals surface area contributed by atoms with E-state index in [2.05, 4.69) is 89.4 Å². The second-order valence-electron chi connectivity index (χ2n) is 9.56. The van der Waals surface area contributed by atoms with Crippen molar-refractivity contribution in [2.45, 2.75) is 59.8 Å². The Balaban J connectivity index is 1.54. The van der Waals surface area contributed by atoms with Crippen LogP contribution in [0.1, 0.15) is 69.2 Å². The average molecular weight is 400 g/mol. The Morgan fingerprint density at radius 3 is 2.03 bits per heavy atom. The molecule has 0 atom stereocenters. The van der Waals surface area contributed by atoms with Gasteiger partial charge in [-0.2, -0.15) is 0 Å². The minimum absolute atomic E-state index is 0.676. The molecular formula is C29H37N. The maximum absolute atomic E-state index is 4.77. The van der Waals surface area contributed by atoms with Gasteiger partial charge in [0.1, 0.15) is 0 Å². The van der Waals surface area contributed by atoms with E-state index in [1.165, 1.54) is 36.0 Å². The molecule has 1 fully saturated rings. The summed E-state index contributed by atoms with van der Waals surface area (Å²) in [6, 6.07) is 17.6. The lowest BCUT2D eigenvalue weighted by atomic mass is 9.70. The Hall–Kier alpha value is -2.41. The van der Waals surface area contributed by atoms with Gasteiger partial charge in [-0.25, -0.2) is 0 Å². The zero-order chi connectivity index (χ0) is 21.7. The molecular weight excluding hydrogens is 362 g/mol. The van der Waals surface area contributed by atoms with Gasteiger partial charge in [-0.1, -0.05) is 81.1 Å². The Morgan fingerprint density at radius 2 is 1.47 bits per heavy atom. The van der Waals surface area contributed by atoms with Crippen molar-refractivity contribution in [3.63, 3.8) is 0 Å². The molecule has 0 radical (unpaired) electrons. The summed E-state index contributed by atoms with van der Waals surface area (Å²) in [7, 11) is 0. The first-order chi connectivity index (χ1) is 14.3. The predicted octanol–water partition coefficient (Wildman–Crippen LogP) is 7.90. The first-order valence-electron chi connectivity index (χ1n) is 11.4. The van der Waals surface area contributed by atoms with E-state index in [0.717, 1.165) is 47.2 Å². The molecule has 1 aliphatic carbocycles.